The summed E-state index contributed by atoms with van der Waals surface area (Å²) in [6.45, 7) is 2.68. The van der Waals surface area contributed by atoms with Crippen LogP contribution < -0.4 is 10.6 Å². The number of urea groups is 1. The first kappa shape index (κ1) is 15.3. The van der Waals surface area contributed by atoms with Crippen LogP contribution in [-0.4, -0.2) is 23.7 Å². The summed E-state index contributed by atoms with van der Waals surface area (Å²) in [6, 6.07) is 3.98. The van der Waals surface area contributed by atoms with Gasteiger partial charge in [0.15, 0.2) is 0 Å². The standard InChI is InChI=1S/C13H17ClN2O3/c1-2-3-4-7-15-13(19)16-9-5-6-11(14)10(8-9)12(17)18/h5-6,8H,2-4,7H2,1H3,(H,17,18)(H2,15,16,19). The topological polar surface area (TPSA) is 78.4 Å². The van der Waals surface area contributed by atoms with E-state index in [0.717, 1.165) is 19.3 Å². The van der Waals surface area contributed by atoms with E-state index in [1.54, 1.807) is 6.07 Å². The van der Waals surface area contributed by atoms with Gasteiger partial charge in [0.05, 0.1) is 10.6 Å². The smallest absolute Gasteiger partial charge is 0.337 e. The van der Waals surface area contributed by atoms with Gasteiger partial charge in [0.25, 0.3) is 0 Å². The minimum absolute atomic E-state index is 0.0366. The first-order chi connectivity index (χ1) is 9.04. The minimum Gasteiger partial charge on any atom is -0.478 e. The molecule has 0 aliphatic heterocycles. The van der Waals surface area contributed by atoms with Gasteiger partial charge in [-0.25, -0.2) is 9.59 Å². The van der Waals surface area contributed by atoms with Gasteiger partial charge >= 0.3 is 12.0 Å². The van der Waals surface area contributed by atoms with Crippen LogP contribution in [0.4, 0.5) is 10.5 Å². The number of carbonyl (C=O) groups excluding carboxylic acids is 1. The van der Waals surface area contributed by atoms with Gasteiger partial charge in [0.2, 0.25) is 0 Å². The van der Waals surface area contributed by atoms with Gasteiger partial charge in [-0.15, -0.1) is 0 Å². The molecule has 0 saturated heterocycles. The highest BCUT2D eigenvalue weighted by atomic mass is 35.5. The van der Waals surface area contributed by atoms with E-state index in [0.29, 0.717) is 12.2 Å². The lowest BCUT2D eigenvalue weighted by Gasteiger charge is -2.08. The molecular formula is C13H17ClN2O3. The Bertz CT molecular complexity index is 463. The van der Waals surface area contributed by atoms with Crippen LogP contribution in [0.15, 0.2) is 18.2 Å². The summed E-state index contributed by atoms with van der Waals surface area (Å²) in [5, 5.41) is 14.3. The molecule has 0 spiro atoms. The largest absolute Gasteiger partial charge is 0.478 e. The third-order valence-corrected chi connectivity index (χ3v) is 2.85. The van der Waals surface area contributed by atoms with Gasteiger partial charge in [0, 0.05) is 12.2 Å². The van der Waals surface area contributed by atoms with E-state index in [2.05, 4.69) is 17.6 Å². The van der Waals surface area contributed by atoms with Crippen molar-refractivity contribution < 1.29 is 14.7 Å². The highest BCUT2D eigenvalue weighted by Gasteiger charge is 2.10. The van der Waals surface area contributed by atoms with E-state index in [9.17, 15) is 9.59 Å². The van der Waals surface area contributed by atoms with Gasteiger partial charge in [-0.3, -0.25) is 0 Å². The van der Waals surface area contributed by atoms with Gasteiger partial charge < -0.3 is 15.7 Å². The Morgan fingerprint density at radius 2 is 2.05 bits per heavy atom. The Hall–Kier alpha value is -1.75. The van der Waals surface area contributed by atoms with Crippen LogP contribution >= 0.6 is 11.6 Å². The van der Waals surface area contributed by atoms with E-state index < -0.39 is 5.97 Å². The number of hydrogen-bond donors (Lipinski definition) is 3. The molecule has 0 saturated carbocycles. The second-order valence-corrected chi connectivity index (χ2v) is 4.49. The summed E-state index contributed by atoms with van der Waals surface area (Å²) in [5.74, 6) is -1.13. The van der Waals surface area contributed by atoms with Crippen LogP contribution in [-0.2, 0) is 0 Å². The molecule has 0 heterocycles. The van der Waals surface area contributed by atoms with E-state index in [1.807, 2.05) is 0 Å². The van der Waals surface area contributed by atoms with Crippen LogP contribution in [0.3, 0.4) is 0 Å². The van der Waals surface area contributed by atoms with Crippen LogP contribution in [0.5, 0.6) is 0 Å². The molecule has 3 N–H and O–H groups in total. The lowest BCUT2D eigenvalue weighted by atomic mass is 10.2. The monoisotopic (exact) mass is 284 g/mol. The zero-order chi connectivity index (χ0) is 14.3. The van der Waals surface area contributed by atoms with Crippen molar-refractivity contribution in [2.24, 2.45) is 0 Å². The highest BCUT2D eigenvalue weighted by Crippen LogP contribution is 2.20. The molecule has 0 atom stereocenters. The number of amides is 2. The SMILES string of the molecule is CCCCCNC(=O)Nc1ccc(Cl)c(C(=O)O)c1. The van der Waals surface area contributed by atoms with Crippen LogP contribution in [0, 0.1) is 0 Å². The summed E-state index contributed by atoms with van der Waals surface area (Å²) in [4.78, 5) is 22.4. The average Bonchev–Trinajstić information content (AvgIpc) is 2.36. The Labute approximate surface area is 117 Å². The molecule has 0 aliphatic rings. The molecule has 0 radical (unpaired) electrons. The predicted molar refractivity (Wildman–Crippen MR) is 75.0 cm³/mol. The lowest BCUT2D eigenvalue weighted by Crippen LogP contribution is -2.29. The lowest BCUT2D eigenvalue weighted by molar-refractivity contribution is 0.0697. The second-order valence-electron chi connectivity index (χ2n) is 4.09. The van der Waals surface area contributed by atoms with Crippen molar-refractivity contribution in [3.05, 3.63) is 28.8 Å². The predicted octanol–water partition coefficient (Wildman–Crippen LogP) is 3.35. The fourth-order valence-electron chi connectivity index (χ4n) is 1.52. The van der Waals surface area contributed by atoms with E-state index in [1.165, 1.54) is 12.1 Å². The highest BCUT2D eigenvalue weighted by molar-refractivity contribution is 6.33. The second kappa shape index (κ2) is 7.63. The zero-order valence-electron chi connectivity index (χ0n) is 10.7. The fourth-order valence-corrected chi connectivity index (χ4v) is 1.72. The molecular weight excluding hydrogens is 268 g/mol. The van der Waals surface area contributed by atoms with Crippen molar-refractivity contribution in [1.29, 1.82) is 0 Å². The number of unbranched alkanes of at least 4 members (excludes halogenated alkanes) is 2. The molecule has 2 amide bonds. The van der Waals surface area contributed by atoms with Crippen molar-refractivity contribution >= 4 is 29.3 Å². The number of hydrogen-bond acceptors (Lipinski definition) is 2. The number of carboxylic acid groups (broad SMARTS) is 1. The van der Waals surface area contributed by atoms with Gasteiger partial charge in [-0.05, 0) is 24.6 Å². The molecule has 0 bridgehead atoms. The maximum absolute atomic E-state index is 11.5. The first-order valence-electron chi connectivity index (χ1n) is 6.12. The average molecular weight is 285 g/mol. The Balaban J connectivity index is 2.55. The Morgan fingerprint density at radius 3 is 2.68 bits per heavy atom. The van der Waals surface area contributed by atoms with Crippen molar-refractivity contribution in [3.8, 4) is 0 Å². The van der Waals surface area contributed by atoms with Crippen molar-refractivity contribution in [2.45, 2.75) is 26.2 Å². The molecule has 0 fully saturated rings. The molecule has 19 heavy (non-hydrogen) atoms. The van der Waals surface area contributed by atoms with E-state index in [4.69, 9.17) is 16.7 Å². The number of halogens is 1. The number of carboxylic acids is 1. The third-order valence-electron chi connectivity index (χ3n) is 2.52. The summed E-state index contributed by atoms with van der Waals surface area (Å²) >= 11 is 5.74. The Kier molecular flexibility index (Phi) is 6.15. The molecule has 0 unspecified atom stereocenters. The van der Waals surface area contributed by atoms with Crippen molar-refractivity contribution in [2.75, 3.05) is 11.9 Å². The zero-order valence-corrected chi connectivity index (χ0v) is 11.5. The molecule has 1 rings (SSSR count). The van der Waals surface area contributed by atoms with Crippen LogP contribution in [0.1, 0.15) is 36.5 Å². The normalized spacial score (nSPS) is 10.0. The first-order valence-corrected chi connectivity index (χ1v) is 6.50. The number of nitrogens with one attached hydrogen (secondary N) is 2. The quantitative estimate of drug-likeness (QED) is 0.701. The van der Waals surface area contributed by atoms with E-state index >= 15 is 0 Å². The number of rotatable bonds is 6. The van der Waals surface area contributed by atoms with Crippen LogP contribution in [0.25, 0.3) is 0 Å². The number of benzene rings is 1. The molecule has 1 aromatic carbocycles. The molecule has 1 aromatic rings. The molecule has 104 valence electrons. The Morgan fingerprint density at radius 1 is 1.32 bits per heavy atom. The molecule has 0 aromatic heterocycles. The minimum atomic E-state index is -1.13. The molecule has 6 heteroatoms. The molecule has 5 nitrogen and oxygen atoms in total. The van der Waals surface area contributed by atoms with Gasteiger partial charge in [0.1, 0.15) is 0 Å². The third kappa shape index (κ3) is 5.18. The maximum atomic E-state index is 11.5. The number of anilines is 1. The summed E-state index contributed by atoms with van der Waals surface area (Å²) < 4.78 is 0. The maximum Gasteiger partial charge on any atom is 0.337 e. The van der Waals surface area contributed by atoms with Crippen LogP contribution in [0.2, 0.25) is 5.02 Å². The summed E-state index contributed by atoms with van der Waals surface area (Å²) in [6.07, 6.45) is 3.07. The number of aromatic carboxylic acids is 1. The van der Waals surface area contributed by atoms with Crippen molar-refractivity contribution in [1.82, 2.24) is 5.32 Å². The van der Waals surface area contributed by atoms with Gasteiger partial charge in [-0.2, -0.15) is 0 Å². The fraction of sp³-hybridized carbons (Fsp3) is 0.385. The van der Waals surface area contributed by atoms with Gasteiger partial charge in [-0.1, -0.05) is 31.4 Å². The van der Waals surface area contributed by atoms with Crippen molar-refractivity contribution in [3.63, 3.8) is 0 Å². The summed E-state index contributed by atoms with van der Waals surface area (Å²) in [5.41, 5.74) is 0.361. The summed E-state index contributed by atoms with van der Waals surface area (Å²) in [7, 11) is 0. The molecule has 0 aliphatic carbocycles. The number of carbonyl (C=O) groups is 2. The van der Waals surface area contributed by atoms with E-state index in [-0.39, 0.29) is 16.6 Å².